The number of para-hydroxylation sites is 1. The predicted octanol–water partition coefficient (Wildman–Crippen LogP) is 2.42. The summed E-state index contributed by atoms with van der Waals surface area (Å²) in [7, 11) is 0. The number of hydrogen-bond donors (Lipinski definition) is 1. The summed E-state index contributed by atoms with van der Waals surface area (Å²) in [5.41, 5.74) is 8.56. The highest BCUT2D eigenvalue weighted by Crippen LogP contribution is 2.27. The summed E-state index contributed by atoms with van der Waals surface area (Å²) in [4.78, 5) is 2.53. The van der Waals surface area contributed by atoms with Gasteiger partial charge in [0.1, 0.15) is 0 Å². The summed E-state index contributed by atoms with van der Waals surface area (Å²) >= 11 is 0. The molecule has 2 heteroatoms. The number of benzene rings is 1. The zero-order valence-corrected chi connectivity index (χ0v) is 10.2. The van der Waals surface area contributed by atoms with Gasteiger partial charge in [-0.2, -0.15) is 0 Å². The Hall–Kier alpha value is -1.02. The summed E-state index contributed by atoms with van der Waals surface area (Å²) in [5, 5.41) is 0. The van der Waals surface area contributed by atoms with Crippen LogP contribution in [0.5, 0.6) is 0 Å². The van der Waals surface area contributed by atoms with Crippen LogP contribution < -0.4 is 10.6 Å². The smallest absolute Gasteiger partial charge is 0.0398 e. The second-order valence-corrected chi connectivity index (χ2v) is 4.86. The molecule has 0 saturated heterocycles. The Balaban J connectivity index is 2.07. The third kappa shape index (κ3) is 2.56. The van der Waals surface area contributed by atoms with E-state index in [1.54, 1.807) is 0 Å². The Bertz CT molecular complexity index is 335. The van der Waals surface area contributed by atoms with E-state index in [1.807, 2.05) is 0 Å². The number of fused-ring (bicyclic) bond motifs is 1. The molecule has 1 atom stereocenters. The van der Waals surface area contributed by atoms with Gasteiger partial charge in [0.25, 0.3) is 0 Å². The van der Waals surface area contributed by atoms with E-state index in [1.165, 1.54) is 30.6 Å². The van der Waals surface area contributed by atoms with E-state index in [4.69, 9.17) is 5.73 Å². The molecule has 2 nitrogen and oxygen atoms in total. The van der Waals surface area contributed by atoms with Crippen LogP contribution in [0.3, 0.4) is 0 Å². The lowest BCUT2D eigenvalue weighted by molar-refractivity contribution is 0.515. The summed E-state index contributed by atoms with van der Waals surface area (Å²) in [6, 6.07) is 8.80. The Labute approximate surface area is 98.4 Å². The quantitative estimate of drug-likeness (QED) is 0.841. The molecule has 1 aromatic carbocycles. The summed E-state index contributed by atoms with van der Waals surface area (Å²) in [5.74, 6) is 0.691. The van der Waals surface area contributed by atoms with Crippen molar-refractivity contribution in [3.8, 4) is 0 Å². The number of anilines is 1. The Morgan fingerprint density at radius 2 is 2.19 bits per heavy atom. The largest absolute Gasteiger partial charge is 0.371 e. The van der Waals surface area contributed by atoms with Crippen molar-refractivity contribution in [2.45, 2.75) is 26.2 Å². The highest BCUT2D eigenvalue weighted by Gasteiger charge is 2.17. The van der Waals surface area contributed by atoms with Crippen molar-refractivity contribution in [3.63, 3.8) is 0 Å². The first-order valence-corrected chi connectivity index (χ1v) is 6.34. The monoisotopic (exact) mass is 218 g/mol. The van der Waals surface area contributed by atoms with Crippen LogP contribution in [0.2, 0.25) is 0 Å². The van der Waals surface area contributed by atoms with E-state index in [0.717, 1.165) is 19.5 Å². The summed E-state index contributed by atoms with van der Waals surface area (Å²) in [6.07, 6.45) is 3.64. The molecular formula is C14H22N2. The molecule has 1 unspecified atom stereocenters. The minimum absolute atomic E-state index is 0.691. The number of rotatable bonds is 4. The standard InChI is InChI=1S/C14H22N2/c1-12(8-9-15)11-16-10-4-6-13-5-2-3-7-14(13)16/h2-3,5,7,12H,4,6,8-11,15H2,1H3. The second kappa shape index (κ2) is 5.35. The number of nitrogens with two attached hydrogens (primary N) is 1. The van der Waals surface area contributed by atoms with Crippen LogP contribution in [-0.4, -0.2) is 19.6 Å². The maximum Gasteiger partial charge on any atom is 0.0398 e. The van der Waals surface area contributed by atoms with E-state index < -0.39 is 0 Å². The van der Waals surface area contributed by atoms with Crippen molar-refractivity contribution in [1.29, 1.82) is 0 Å². The van der Waals surface area contributed by atoms with Crippen LogP contribution in [0.25, 0.3) is 0 Å². The van der Waals surface area contributed by atoms with E-state index in [9.17, 15) is 0 Å². The molecule has 0 amide bonds. The molecule has 0 radical (unpaired) electrons. The third-order valence-corrected chi connectivity index (χ3v) is 3.40. The van der Waals surface area contributed by atoms with E-state index >= 15 is 0 Å². The normalized spacial score (nSPS) is 17.0. The van der Waals surface area contributed by atoms with Gasteiger partial charge in [0.2, 0.25) is 0 Å². The summed E-state index contributed by atoms with van der Waals surface area (Å²) in [6.45, 7) is 5.45. The van der Waals surface area contributed by atoms with Crippen molar-refractivity contribution in [3.05, 3.63) is 29.8 Å². The van der Waals surface area contributed by atoms with Gasteiger partial charge in [-0.05, 0) is 43.4 Å². The molecule has 0 fully saturated rings. The van der Waals surface area contributed by atoms with Crippen LogP contribution in [-0.2, 0) is 6.42 Å². The van der Waals surface area contributed by atoms with Crippen molar-refractivity contribution < 1.29 is 0 Å². The molecular weight excluding hydrogens is 196 g/mol. The second-order valence-electron chi connectivity index (χ2n) is 4.86. The first kappa shape index (κ1) is 11.5. The fourth-order valence-corrected chi connectivity index (χ4v) is 2.55. The van der Waals surface area contributed by atoms with Gasteiger partial charge in [0.15, 0.2) is 0 Å². The lowest BCUT2D eigenvalue weighted by Gasteiger charge is -2.33. The van der Waals surface area contributed by atoms with Crippen LogP contribution in [0.15, 0.2) is 24.3 Å². The minimum atomic E-state index is 0.691. The Morgan fingerprint density at radius 3 is 3.00 bits per heavy atom. The lowest BCUT2D eigenvalue weighted by Crippen LogP contribution is -2.33. The number of aryl methyl sites for hydroxylation is 1. The van der Waals surface area contributed by atoms with Crippen LogP contribution in [0.1, 0.15) is 25.3 Å². The van der Waals surface area contributed by atoms with Crippen LogP contribution >= 0.6 is 0 Å². The van der Waals surface area contributed by atoms with Crippen LogP contribution in [0, 0.1) is 5.92 Å². The molecule has 88 valence electrons. The number of nitrogens with zero attached hydrogens (tertiary/aromatic N) is 1. The van der Waals surface area contributed by atoms with Crippen molar-refractivity contribution >= 4 is 5.69 Å². The Morgan fingerprint density at radius 1 is 1.38 bits per heavy atom. The van der Waals surface area contributed by atoms with Crippen molar-refractivity contribution in [2.75, 3.05) is 24.5 Å². The SMILES string of the molecule is CC(CCN)CN1CCCc2ccccc21. The molecule has 0 aromatic heterocycles. The van der Waals surface area contributed by atoms with Gasteiger partial charge in [-0.25, -0.2) is 0 Å². The molecule has 16 heavy (non-hydrogen) atoms. The molecule has 1 aromatic rings. The van der Waals surface area contributed by atoms with Gasteiger partial charge < -0.3 is 10.6 Å². The fourth-order valence-electron chi connectivity index (χ4n) is 2.55. The van der Waals surface area contributed by atoms with Gasteiger partial charge in [-0.3, -0.25) is 0 Å². The van der Waals surface area contributed by atoms with Gasteiger partial charge in [-0.1, -0.05) is 25.1 Å². The predicted molar refractivity (Wildman–Crippen MR) is 69.8 cm³/mol. The molecule has 0 spiro atoms. The average molecular weight is 218 g/mol. The van der Waals surface area contributed by atoms with Gasteiger partial charge >= 0.3 is 0 Å². The molecule has 2 N–H and O–H groups in total. The maximum absolute atomic E-state index is 5.61. The van der Waals surface area contributed by atoms with E-state index in [-0.39, 0.29) is 0 Å². The zero-order chi connectivity index (χ0) is 11.4. The highest BCUT2D eigenvalue weighted by atomic mass is 15.1. The minimum Gasteiger partial charge on any atom is -0.371 e. The Kier molecular flexibility index (Phi) is 3.83. The van der Waals surface area contributed by atoms with Gasteiger partial charge in [0.05, 0.1) is 0 Å². The van der Waals surface area contributed by atoms with Gasteiger partial charge in [0, 0.05) is 18.8 Å². The topological polar surface area (TPSA) is 29.3 Å². The van der Waals surface area contributed by atoms with Crippen molar-refractivity contribution in [2.24, 2.45) is 11.7 Å². The molecule has 1 heterocycles. The highest BCUT2D eigenvalue weighted by molar-refractivity contribution is 5.55. The summed E-state index contributed by atoms with van der Waals surface area (Å²) < 4.78 is 0. The third-order valence-electron chi connectivity index (χ3n) is 3.40. The van der Waals surface area contributed by atoms with E-state index in [2.05, 4.69) is 36.1 Å². The zero-order valence-electron chi connectivity index (χ0n) is 10.2. The van der Waals surface area contributed by atoms with E-state index in [0.29, 0.717) is 5.92 Å². The maximum atomic E-state index is 5.61. The molecule has 0 bridgehead atoms. The molecule has 1 aliphatic rings. The first-order chi connectivity index (χ1) is 7.81. The van der Waals surface area contributed by atoms with Crippen LogP contribution in [0.4, 0.5) is 5.69 Å². The molecule has 0 aliphatic carbocycles. The first-order valence-electron chi connectivity index (χ1n) is 6.34. The van der Waals surface area contributed by atoms with Crippen molar-refractivity contribution in [1.82, 2.24) is 0 Å². The fraction of sp³-hybridized carbons (Fsp3) is 0.571. The molecule has 1 aliphatic heterocycles. The number of hydrogen-bond acceptors (Lipinski definition) is 2. The lowest BCUT2D eigenvalue weighted by atomic mass is 9.99. The van der Waals surface area contributed by atoms with Gasteiger partial charge in [-0.15, -0.1) is 0 Å². The average Bonchev–Trinajstić information content (AvgIpc) is 2.30. The molecule has 2 rings (SSSR count). The molecule has 0 saturated carbocycles.